The quantitative estimate of drug-likeness (QED) is 0.411. The highest BCUT2D eigenvalue weighted by atomic mass is 35.5. The molecule has 0 saturated heterocycles. The van der Waals surface area contributed by atoms with Gasteiger partial charge in [-0.1, -0.05) is 18.5 Å². The molecule has 0 bridgehead atoms. The van der Waals surface area contributed by atoms with Gasteiger partial charge in [-0.2, -0.15) is 0 Å². The summed E-state index contributed by atoms with van der Waals surface area (Å²) in [7, 11) is 0.437. The van der Waals surface area contributed by atoms with Crippen molar-refractivity contribution in [2.75, 3.05) is 47.1 Å². The van der Waals surface area contributed by atoms with Gasteiger partial charge in [0.15, 0.2) is 0 Å². The van der Waals surface area contributed by atoms with Gasteiger partial charge in [-0.3, -0.25) is 0 Å². The monoisotopic (exact) mass is 510 g/mol. The fourth-order valence-corrected chi connectivity index (χ4v) is 5.39. The summed E-state index contributed by atoms with van der Waals surface area (Å²) in [5.74, 6) is 0.608. The van der Waals surface area contributed by atoms with Gasteiger partial charge < -0.3 is 19.1 Å². The first-order chi connectivity index (χ1) is 16.2. The summed E-state index contributed by atoms with van der Waals surface area (Å²) in [4.78, 5) is 2.33. The number of rotatable bonds is 13. The van der Waals surface area contributed by atoms with E-state index in [9.17, 15) is 8.42 Å². The molecule has 1 aliphatic rings. The van der Waals surface area contributed by atoms with E-state index in [1.165, 1.54) is 5.56 Å². The van der Waals surface area contributed by atoms with Crippen molar-refractivity contribution >= 4 is 21.6 Å². The summed E-state index contributed by atoms with van der Waals surface area (Å²) in [5, 5.41) is 0.689. The standard InChI is InChI=1S/C25H35ClN2O5S/c1-5-11-31-13-14-32-12-10-27-34(29,30)21-8-6-20(7-9-21)33-25-23-16-19(26)15-18(2)22(23)17-24(25)28(3)4/h6-9,15-16,24-25,27H,5,10-14,17H2,1-4H3/t24-,25-/m0/s1. The zero-order valence-corrected chi connectivity index (χ0v) is 21.9. The van der Waals surface area contributed by atoms with Crippen LogP contribution in [0.3, 0.4) is 0 Å². The van der Waals surface area contributed by atoms with Crippen molar-refractivity contribution < 1.29 is 22.6 Å². The van der Waals surface area contributed by atoms with Crippen molar-refractivity contribution in [1.29, 1.82) is 0 Å². The largest absolute Gasteiger partial charge is 0.484 e. The summed E-state index contributed by atoms with van der Waals surface area (Å²) < 4.78 is 44.8. The fourth-order valence-electron chi connectivity index (χ4n) is 4.09. The van der Waals surface area contributed by atoms with Crippen LogP contribution in [0.1, 0.15) is 36.1 Å². The molecule has 2 aromatic rings. The second kappa shape index (κ2) is 12.3. The molecule has 0 aromatic heterocycles. The number of likely N-dealkylation sites (N-methyl/N-ethyl adjacent to an activating group) is 1. The molecule has 0 fully saturated rings. The number of halogens is 1. The Balaban J connectivity index is 1.60. The molecule has 2 aromatic carbocycles. The number of benzene rings is 2. The van der Waals surface area contributed by atoms with Crippen molar-refractivity contribution in [2.24, 2.45) is 0 Å². The normalized spacial score (nSPS) is 17.8. The van der Waals surface area contributed by atoms with Crippen molar-refractivity contribution in [3.05, 3.63) is 58.1 Å². The molecular formula is C25H35ClN2O5S. The predicted octanol–water partition coefficient (Wildman–Crippen LogP) is 3.98. The number of nitrogens with zero attached hydrogens (tertiary/aromatic N) is 1. The Morgan fingerprint density at radius 3 is 2.38 bits per heavy atom. The molecule has 0 aliphatic heterocycles. The van der Waals surface area contributed by atoms with Crippen LogP contribution in [0.4, 0.5) is 0 Å². The zero-order valence-electron chi connectivity index (χ0n) is 20.3. The molecule has 0 unspecified atom stereocenters. The maximum Gasteiger partial charge on any atom is 0.240 e. The van der Waals surface area contributed by atoms with E-state index in [-0.39, 0.29) is 30.2 Å². The minimum absolute atomic E-state index is 0.157. The lowest BCUT2D eigenvalue weighted by Crippen LogP contribution is -2.34. The van der Waals surface area contributed by atoms with E-state index in [0.29, 0.717) is 30.6 Å². The maximum atomic E-state index is 12.6. The van der Waals surface area contributed by atoms with Crippen LogP contribution in [0.25, 0.3) is 0 Å². The van der Waals surface area contributed by atoms with Gasteiger partial charge in [0.1, 0.15) is 11.9 Å². The molecule has 0 radical (unpaired) electrons. The number of fused-ring (bicyclic) bond motifs is 1. The lowest BCUT2D eigenvalue weighted by atomic mass is 10.0. The third-order valence-corrected chi connectivity index (χ3v) is 7.56. The molecular weight excluding hydrogens is 476 g/mol. The van der Waals surface area contributed by atoms with E-state index < -0.39 is 10.0 Å². The highest BCUT2D eigenvalue weighted by Gasteiger charge is 2.37. The Kier molecular flexibility index (Phi) is 9.76. The first kappa shape index (κ1) is 26.9. The average molecular weight is 511 g/mol. The summed E-state index contributed by atoms with van der Waals surface area (Å²) >= 11 is 6.33. The number of hydrogen-bond donors (Lipinski definition) is 1. The van der Waals surface area contributed by atoms with Crippen LogP contribution in [0.5, 0.6) is 5.75 Å². The molecule has 1 N–H and O–H groups in total. The van der Waals surface area contributed by atoms with Crippen LogP contribution in [0.15, 0.2) is 41.3 Å². The number of aryl methyl sites for hydroxylation is 1. The first-order valence-electron chi connectivity index (χ1n) is 11.6. The van der Waals surface area contributed by atoms with Crippen LogP contribution in [-0.4, -0.2) is 66.4 Å². The van der Waals surface area contributed by atoms with Crippen LogP contribution >= 0.6 is 11.6 Å². The van der Waals surface area contributed by atoms with Gasteiger partial charge in [0.2, 0.25) is 10.0 Å². The van der Waals surface area contributed by atoms with E-state index in [1.807, 2.05) is 33.2 Å². The average Bonchev–Trinajstić information content (AvgIpc) is 3.15. The smallest absolute Gasteiger partial charge is 0.240 e. The highest BCUT2D eigenvalue weighted by Crippen LogP contribution is 2.40. The molecule has 1 aliphatic carbocycles. The lowest BCUT2D eigenvalue weighted by molar-refractivity contribution is 0.0502. The van der Waals surface area contributed by atoms with E-state index in [2.05, 4.69) is 16.5 Å². The van der Waals surface area contributed by atoms with Gasteiger partial charge in [-0.15, -0.1) is 0 Å². The molecule has 0 spiro atoms. The second-order valence-corrected chi connectivity index (χ2v) is 10.9. The lowest BCUT2D eigenvalue weighted by Gasteiger charge is -2.27. The van der Waals surface area contributed by atoms with Crippen LogP contribution in [-0.2, 0) is 25.9 Å². The van der Waals surface area contributed by atoms with Gasteiger partial charge in [-0.05, 0) is 86.9 Å². The third kappa shape index (κ3) is 6.93. The van der Waals surface area contributed by atoms with Crippen molar-refractivity contribution in [2.45, 2.75) is 43.7 Å². The summed E-state index contributed by atoms with van der Waals surface area (Å²) in [5.41, 5.74) is 3.50. The molecule has 0 heterocycles. The molecule has 34 heavy (non-hydrogen) atoms. The van der Waals surface area contributed by atoms with Crippen LogP contribution in [0.2, 0.25) is 5.02 Å². The van der Waals surface area contributed by atoms with Crippen LogP contribution < -0.4 is 9.46 Å². The van der Waals surface area contributed by atoms with E-state index >= 15 is 0 Å². The maximum absolute atomic E-state index is 12.6. The van der Waals surface area contributed by atoms with Gasteiger partial charge in [-0.25, -0.2) is 13.1 Å². The molecule has 9 heteroatoms. The Labute approximate surface area is 208 Å². The van der Waals surface area contributed by atoms with Gasteiger partial charge in [0, 0.05) is 18.2 Å². The molecule has 7 nitrogen and oxygen atoms in total. The highest BCUT2D eigenvalue weighted by molar-refractivity contribution is 7.89. The molecule has 0 saturated carbocycles. The van der Waals surface area contributed by atoms with Crippen molar-refractivity contribution in [3.8, 4) is 5.75 Å². The number of nitrogens with one attached hydrogen (secondary N) is 1. The minimum Gasteiger partial charge on any atom is -0.484 e. The van der Waals surface area contributed by atoms with E-state index in [0.717, 1.165) is 24.0 Å². The summed E-state index contributed by atoms with van der Waals surface area (Å²) in [6.45, 7) is 6.23. The van der Waals surface area contributed by atoms with Crippen LogP contribution in [0, 0.1) is 6.92 Å². The Morgan fingerprint density at radius 2 is 1.74 bits per heavy atom. The predicted molar refractivity (Wildman–Crippen MR) is 134 cm³/mol. The SMILES string of the molecule is CCCOCCOCCNS(=O)(=O)c1ccc(O[C@H]2c3cc(Cl)cc(C)c3C[C@@H]2N(C)C)cc1. The van der Waals surface area contributed by atoms with Crippen molar-refractivity contribution in [3.63, 3.8) is 0 Å². The Bertz CT molecular complexity index is 1040. The minimum atomic E-state index is -3.63. The van der Waals surface area contributed by atoms with E-state index in [1.54, 1.807) is 24.3 Å². The molecule has 3 rings (SSSR count). The molecule has 188 valence electrons. The molecule has 0 amide bonds. The number of sulfonamides is 1. The summed E-state index contributed by atoms with van der Waals surface area (Å²) in [6, 6.07) is 10.6. The number of ether oxygens (including phenoxy) is 3. The van der Waals surface area contributed by atoms with Gasteiger partial charge in [0.05, 0.1) is 30.8 Å². The Hall–Kier alpha value is -1.68. The van der Waals surface area contributed by atoms with E-state index in [4.69, 9.17) is 25.8 Å². The number of hydrogen-bond acceptors (Lipinski definition) is 6. The topological polar surface area (TPSA) is 77.1 Å². The van der Waals surface area contributed by atoms with Crippen molar-refractivity contribution in [1.82, 2.24) is 9.62 Å². The van der Waals surface area contributed by atoms with Gasteiger partial charge >= 0.3 is 0 Å². The van der Waals surface area contributed by atoms with Gasteiger partial charge in [0.25, 0.3) is 0 Å². The third-order valence-electron chi connectivity index (χ3n) is 5.86. The second-order valence-electron chi connectivity index (χ2n) is 8.66. The summed E-state index contributed by atoms with van der Waals surface area (Å²) in [6.07, 6.45) is 1.64. The Morgan fingerprint density at radius 1 is 1.06 bits per heavy atom. The molecule has 2 atom stereocenters. The first-order valence-corrected chi connectivity index (χ1v) is 13.5. The fraction of sp³-hybridized carbons (Fsp3) is 0.520. The zero-order chi connectivity index (χ0) is 24.7.